The number of rotatable bonds is 10. The first kappa shape index (κ1) is 23.4. The third kappa shape index (κ3) is 4.93. The van der Waals surface area contributed by atoms with Gasteiger partial charge in [0.25, 0.3) is 0 Å². The average Bonchev–Trinajstić information content (AvgIpc) is 3.20. The fourth-order valence-electron chi connectivity index (χ4n) is 4.40. The molecule has 8 nitrogen and oxygen atoms in total. The Bertz CT molecular complexity index is 1050. The van der Waals surface area contributed by atoms with Crippen molar-refractivity contribution in [1.29, 1.82) is 0 Å². The molecule has 1 N–H and O–H groups in total. The van der Waals surface area contributed by atoms with Gasteiger partial charge >= 0.3 is 0 Å². The second kappa shape index (κ2) is 10.9. The molecule has 1 saturated heterocycles. The predicted molar refractivity (Wildman–Crippen MR) is 127 cm³/mol. The van der Waals surface area contributed by atoms with Gasteiger partial charge in [0, 0.05) is 34.0 Å². The zero-order valence-electron chi connectivity index (χ0n) is 19.8. The van der Waals surface area contributed by atoms with E-state index in [4.69, 9.17) is 28.8 Å². The molecule has 33 heavy (non-hydrogen) atoms. The number of ether oxygens (including phenoxy) is 5. The molecule has 2 aromatic heterocycles. The Balaban J connectivity index is 1.79. The van der Waals surface area contributed by atoms with Crippen LogP contribution in [-0.4, -0.2) is 57.8 Å². The Hall–Kier alpha value is -2.81. The van der Waals surface area contributed by atoms with E-state index in [0.717, 1.165) is 66.3 Å². The van der Waals surface area contributed by atoms with Crippen LogP contribution in [0, 0.1) is 5.92 Å². The second-order valence-corrected chi connectivity index (χ2v) is 8.21. The maximum absolute atomic E-state index is 5.76. The number of nitrogens with one attached hydrogen (secondary N) is 1. The number of pyridine rings is 1. The van der Waals surface area contributed by atoms with Crippen LogP contribution in [0.2, 0.25) is 0 Å². The van der Waals surface area contributed by atoms with Crippen LogP contribution >= 0.6 is 0 Å². The molecule has 0 unspecified atom stereocenters. The van der Waals surface area contributed by atoms with E-state index in [9.17, 15) is 0 Å². The largest absolute Gasteiger partial charge is 0.496 e. The maximum atomic E-state index is 5.76. The molecule has 3 aromatic rings. The van der Waals surface area contributed by atoms with E-state index in [2.05, 4.69) is 11.4 Å². The summed E-state index contributed by atoms with van der Waals surface area (Å²) in [6.45, 7) is 3.42. The third-order valence-corrected chi connectivity index (χ3v) is 6.05. The normalized spacial score (nSPS) is 14.5. The minimum absolute atomic E-state index is 0.415. The average molecular weight is 456 g/mol. The Morgan fingerprint density at radius 1 is 1.00 bits per heavy atom. The topological polar surface area (TPSA) is 75.5 Å². The number of hydrogen-bond acceptors (Lipinski definition) is 7. The first-order valence-electron chi connectivity index (χ1n) is 11.3. The zero-order valence-corrected chi connectivity index (χ0v) is 19.8. The van der Waals surface area contributed by atoms with Crippen molar-refractivity contribution in [2.75, 3.05) is 53.5 Å². The van der Waals surface area contributed by atoms with Gasteiger partial charge in [-0.25, -0.2) is 4.52 Å². The molecule has 1 aliphatic rings. The molecule has 1 aromatic carbocycles. The van der Waals surface area contributed by atoms with Crippen molar-refractivity contribution < 1.29 is 23.7 Å². The quantitative estimate of drug-likeness (QED) is 0.492. The standard InChI is InChI=1S/C25H33N3O5/c1-29-15-18-12-22(31-3)24(23(13-18)32-4)20-6-5-7-21-25(19(16-30-2)27-28(20)21)26-14-17-8-10-33-11-9-17/h5-7,12-13,17,26H,8-11,14-16H2,1-4H3. The highest BCUT2D eigenvalue weighted by Gasteiger charge is 2.22. The lowest BCUT2D eigenvalue weighted by atomic mass is 10.0. The van der Waals surface area contributed by atoms with Crippen molar-refractivity contribution in [2.45, 2.75) is 26.1 Å². The summed E-state index contributed by atoms with van der Waals surface area (Å²) in [4.78, 5) is 0. The number of nitrogens with zero attached hydrogens (tertiary/aromatic N) is 2. The van der Waals surface area contributed by atoms with Crippen molar-refractivity contribution in [1.82, 2.24) is 9.61 Å². The summed E-state index contributed by atoms with van der Waals surface area (Å²) in [5.74, 6) is 1.99. The fourth-order valence-corrected chi connectivity index (χ4v) is 4.40. The maximum Gasteiger partial charge on any atom is 0.132 e. The van der Waals surface area contributed by atoms with E-state index in [-0.39, 0.29) is 0 Å². The summed E-state index contributed by atoms with van der Waals surface area (Å²) >= 11 is 0. The van der Waals surface area contributed by atoms with Gasteiger partial charge in [-0.3, -0.25) is 0 Å². The van der Waals surface area contributed by atoms with E-state index in [0.29, 0.717) is 30.6 Å². The summed E-state index contributed by atoms with van der Waals surface area (Å²) in [7, 11) is 6.68. The molecule has 0 amide bonds. The summed E-state index contributed by atoms with van der Waals surface area (Å²) in [5, 5.41) is 8.58. The lowest BCUT2D eigenvalue weighted by molar-refractivity contribution is 0.0699. The molecule has 0 radical (unpaired) electrons. The SMILES string of the molecule is COCc1cc(OC)c(-c2cccc3c(NCC4CCOCC4)c(COC)nn23)c(OC)c1. The Morgan fingerprint density at radius 2 is 1.70 bits per heavy atom. The number of methoxy groups -OCH3 is 4. The summed E-state index contributed by atoms with van der Waals surface area (Å²) < 4.78 is 29.7. The fraction of sp³-hybridized carbons (Fsp3) is 0.480. The zero-order chi connectivity index (χ0) is 23.2. The van der Waals surface area contributed by atoms with Gasteiger partial charge < -0.3 is 29.0 Å². The van der Waals surface area contributed by atoms with Crippen molar-refractivity contribution >= 4 is 11.2 Å². The van der Waals surface area contributed by atoms with Crippen LogP contribution in [0.5, 0.6) is 11.5 Å². The summed E-state index contributed by atoms with van der Waals surface area (Å²) in [5.41, 5.74) is 5.54. The molecular formula is C25H33N3O5. The number of hydrogen-bond donors (Lipinski definition) is 1. The van der Waals surface area contributed by atoms with Crippen LogP contribution in [-0.2, 0) is 27.4 Å². The van der Waals surface area contributed by atoms with Gasteiger partial charge in [-0.05, 0) is 48.6 Å². The minimum Gasteiger partial charge on any atom is -0.496 e. The highest BCUT2D eigenvalue weighted by molar-refractivity contribution is 5.82. The third-order valence-electron chi connectivity index (χ3n) is 6.05. The van der Waals surface area contributed by atoms with Gasteiger partial charge in [0.2, 0.25) is 0 Å². The molecule has 0 spiro atoms. The van der Waals surface area contributed by atoms with Gasteiger partial charge in [-0.15, -0.1) is 0 Å². The van der Waals surface area contributed by atoms with Crippen LogP contribution in [0.4, 0.5) is 5.69 Å². The molecule has 4 rings (SSSR count). The molecule has 1 aliphatic heterocycles. The lowest BCUT2D eigenvalue weighted by Crippen LogP contribution is -2.22. The van der Waals surface area contributed by atoms with Gasteiger partial charge in [-0.2, -0.15) is 5.10 Å². The highest BCUT2D eigenvalue weighted by Crippen LogP contribution is 2.41. The van der Waals surface area contributed by atoms with E-state index in [1.807, 2.05) is 28.8 Å². The molecule has 1 fully saturated rings. The first-order chi connectivity index (χ1) is 16.2. The van der Waals surface area contributed by atoms with Crippen LogP contribution in [0.1, 0.15) is 24.1 Å². The highest BCUT2D eigenvalue weighted by atomic mass is 16.5. The van der Waals surface area contributed by atoms with Crippen LogP contribution in [0.15, 0.2) is 30.3 Å². The molecule has 0 bridgehead atoms. The molecule has 0 atom stereocenters. The van der Waals surface area contributed by atoms with Crippen molar-refractivity contribution in [3.63, 3.8) is 0 Å². The molecule has 0 saturated carbocycles. The van der Waals surface area contributed by atoms with Crippen molar-refractivity contribution in [3.05, 3.63) is 41.6 Å². The Kier molecular flexibility index (Phi) is 7.69. The number of aromatic nitrogens is 2. The van der Waals surface area contributed by atoms with Crippen LogP contribution in [0.3, 0.4) is 0 Å². The van der Waals surface area contributed by atoms with Crippen molar-refractivity contribution in [3.8, 4) is 22.8 Å². The van der Waals surface area contributed by atoms with Gasteiger partial charge in [0.05, 0.1) is 49.9 Å². The van der Waals surface area contributed by atoms with E-state index >= 15 is 0 Å². The number of anilines is 1. The summed E-state index contributed by atoms with van der Waals surface area (Å²) in [6, 6.07) is 10.1. The Morgan fingerprint density at radius 3 is 2.33 bits per heavy atom. The summed E-state index contributed by atoms with van der Waals surface area (Å²) in [6.07, 6.45) is 2.14. The smallest absolute Gasteiger partial charge is 0.132 e. The van der Waals surface area contributed by atoms with Crippen LogP contribution < -0.4 is 14.8 Å². The van der Waals surface area contributed by atoms with E-state index in [1.165, 1.54) is 0 Å². The second-order valence-electron chi connectivity index (χ2n) is 8.21. The molecule has 8 heteroatoms. The van der Waals surface area contributed by atoms with E-state index < -0.39 is 0 Å². The Labute approximate surface area is 194 Å². The molecule has 3 heterocycles. The van der Waals surface area contributed by atoms with Crippen LogP contribution in [0.25, 0.3) is 16.8 Å². The predicted octanol–water partition coefficient (Wildman–Crippen LogP) is 4.15. The lowest BCUT2D eigenvalue weighted by Gasteiger charge is -2.22. The molecular weight excluding hydrogens is 422 g/mol. The molecule has 178 valence electrons. The number of benzene rings is 1. The first-order valence-corrected chi connectivity index (χ1v) is 11.3. The van der Waals surface area contributed by atoms with Gasteiger partial charge in [0.15, 0.2) is 0 Å². The number of fused-ring (bicyclic) bond motifs is 1. The van der Waals surface area contributed by atoms with Gasteiger partial charge in [0.1, 0.15) is 17.2 Å². The minimum atomic E-state index is 0.415. The monoisotopic (exact) mass is 455 g/mol. The van der Waals surface area contributed by atoms with Crippen molar-refractivity contribution in [2.24, 2.45) is 5.92 Å². The molecule has 0 aliphatic carbocycles. The van der Waals surface area contributed by atoms with E-state index in [1.54, 1.807) is 28.4 Å². The van der Waals surface area contributed by atoms with Gasteiger partial charge in [-0.1, -0.05) is 6.07 Å².